The Bertz CT molecular complexity index is 978. The smallest absolute Gasteiger partial charge is 0.213 e. The molecule has 0 aliphatic rings. The number of aromatic nitrogens is 2. The van der Waals surface area contributed by atoms with E-state index in [1.807, 2.05) is 18.2 Å². The number of nitriles is 2. The van der Waals surface area contributed by atoms with E-state index in [4.69, 9.17) is 10.5 Å². The predicted molar refractivity (Wildman–Crippen MR) is 85.2 cm³/mol. The first-order valence-corrected chi connectivity index (χ1v) is 7.36. The summed E-state index contributed by atoms with van der Waals surface area (Å²) in [7, 11) is 0. The van der Waals surface area contributed by atoms with Crippen molar-refractivity contribution >= 4 is 27.3 Å². The molecule has 23 heavy (non-hydrogen) atoms. The van der Waals surface area contributed by atoms with Crippen LogP contribution in [0, 0.1) is 28.5 Å². The largest absolute Gasteiger partial charge is 0.261 e. The number of thiazole rings is 1. The number of rotatable bonds is 3. The van der Waals surface area contributed by atoms with Crippen LogP contribution in [-0.4, -0.2) is 15.7 Å². The summed E-state index contributed by atoms with van der Waals surface area (Å²) in [4.78, 5) is 12.2. The average Bonchev–Trinajstić information content (AvgIpc) is 2.99. The lowest BCUT2D eigenvalue weighted by Crippen LogP contribution is -1.90. The van der Waals surface area contributed by atoms with Crippen molar-refractivity contribution in [2.45, 2.75) is 6.54 Å². The highest BCUT2D eigenvalue weighted by Gasteiger charge is 2.08. The molecule has 0 bridgehead atoms. The predicted octanol–water partition coefficient (Wildman–Crippen LogP) is 3.49. The zero-order valence-electron chi connectivity index (χ0n) is 11.7. The van der Waals surface area contributed by atoms with Crippen molar-refractivity contribution in [3.63, 3.8) is 0 Å². The number of halogens is 1. The summed E-state index contributed by atoms with van der Waals surface area (Å²) in [6.45, 7) is 0.251. The quantitative estimate of drug-likeness (QED) is 0.691. The van der Waals surface area contributed by atoms with E-state index in [2.05, 4.69) is 15.0 Å². The Morgan fingerprint density at radius 1 is 1.22 bits per heavy atom. The SMILES string of the molecule is N#CC(C#N)=NCc1ccc2nc(-c3cncc(F)c3)sc2c1. The number of benzene rings is 1. The monoisotopic (exact) mass is 321 g/mol. The Balaban J connectivity index is 1.94. The Kier molecular flexibility index (Phi) is 4.05. The van der Waals surface area contributed by atoms with Crippen LogP contribution in [0.25, 0.3) is 20.8 Å². The second-order valence-electron chi connectivity index (χ2n) is 4.60. The standard InChI is InChI=1S/C16H8FN5S/c17-12-4-11(8-20-9-12)16-22-14-2-1-10(3-15(14)23-16)7-21-13(5-18)6-19/h1-4,8-9H,7H2. The molecule has 0 aliphatic carbocycles. The number of nitrogens with zero attached hydrogens (tertiary/aromatic N) is 5. The van der Waals surface area contributed by atoms with Crippen molar-refractivity contribution < 1.29 is 4.39 Å². The van der Waals surface area contributed by atoms with Gasteiger partial charge in [0.1, 0.15) is 23.0 Å². The van der Waals surface area contributed by atoms with E-state index in [0.717, 1.165) is 22.0 Å². The van der Waals surface area contributed by atoms with Crippen LogP contribution in [0.4, 0.5) is 4.39 Å². The fourth-order valence-corrected chi connectivity index (χ4v) is 3.00. The van der Waals surface area contributed by atoms with Gasteiger partial charge in [-0.05, 0) is 23.8 Å². The first kappa shape index (κ1) is 14.8. The summed E-state index contributed by atoms with van der Waals surface area (Å²) in [5.41, 5.74) is 2.14. The first-order valence-electron chi connectivity index (χ1n) is 6.54. The van der Waals surface area contributed by atoms with Crippen LogP contribution in [0.5, 0.6) is 0 Å². The van der Waals surface area contributed by atoms with Crippen molar-refractivity contribution in [1.82, 2.24) is 9.97 Å². The van der Waals surface area contributed by atoms with Crippen LogP contribution in [0.1, 0.15) is 5.56 Å². The number of hydrogen-bond donors (Lipinski definition) is 0. The molecule has 0 spiro atoms. The lowest BCUT2D eigenvalue weighted by atomic mass is 10.2. The molecule has 3 aromatic rings. The lowest BCUT2D eigenvalue weighted by molar-refractivity contribution is 0.622. The Morgan fingerprint density at radius 3 is 2.78 bits per heavy atom. The van der Waals surface area contributed by atoms with Gasteiger partial charge >= 0.3 is 0 Å². The molecule has 3 rings (SSSR count). The number of hydrogen-bond acceptors (Lipinski definition) is 6. The molecular weight excluding hydrogens is 313 g/mol. The summed E-state index contributed by atoms with van der Waals surface area (Å²) in [5.74, 6) is -0.405. The molecule has 0 radical (unpaired) electrons. The molecule has 0 amide bonds. The zero-order chi connectivity index (χ0) is 16.2. The molecule has 0 unspecified atom stereocenters. The van der Waals surface area contributed by atoms with E-state index >= 15 is 0 Å². The summed E-state index contributed by atoms with van der Waals surface area (Å²) >= 11 is 1.42. The minimum absolute atomic E-state index is 0.152. The topological polar surface area (TPSA) is 85.7 Å². The maximum absolute atomic E-state index is 13.3. The third kappa shape index (κ3) is 3.20. The van der Waals surface area contributed by atoms with Gasteiger partial charge in [0.15, 0.2) is 0 Å². The lowest BCUT2D eigenvalue weighted by Gasteiger charge is -1.95. The molecule has 1 aromatic carbocycles. The van der Waals surface area contributed by atoms with Crippen molar-refractivity contribution in [1.29, 1.82) is 10.5 Å². The normalized spacial score (nSPS) is 10.0. The summed E-state index contributed by atoms with van der Waals surface area (Å²) in [6, 6.07) is 10.4. The van der Waals surface area contributed by atoms with E-state index in [9.17, 15) is 4.39 Å². The van der Waals surface area contributed by atoms with Crippen LogP contribution in [0.3, 0.4) is 0 Å². The Morgan fingerprint density at radius 2 is 2.04 bits per heavy atom. The van der Waals surface area contributed by atoms with E-state index in [0.29, 0.717) is 10.6 Å². The van der Waals surface area contributed by atoms with Crippen molar-refractivity contribution in [3.8, 4) is 22.7 Å². The zero-order valence-corrected chi connectivity index (χ0v) is 12.5. The van der Waals surface area contributed by atoms with Crippen LogP contribution in [0.15, 0.2) is 41.7 Å². The van der Waals surface area contributed by atoms with Gasteiger partial charge in [-0.1, -0.05) is 6.07 Å². The molecule has 2 aromatic heterocycles. The molecule has 0 atom stereocenters. The van der Waals surface area contributed by atoms with Gasteiger partial charge in [-0.15, -0.1) is 11.3 Å². The fourth-order valence-electron chi connectivity index (χ4n) is 1.99. The van der Waals surface area contributed by atoms with E-state index in [1.54, 1.807) is 18.3 Å². The Hall–Kier alpha value is -3.16. The highest BCUT2D eigenvalue weighted by atomic mass is 32.1. The number of aliphatic imine (C=N–C) groups is 1. The second-order valence-corrected chi connectivity index (χ2v) is 5.63. The molecule has 0 aliphatic heterocycles. The first-order chi connectivity index (χ1) is 11.2. The van der Waals surface area contributed by atoms with E-state index in [-0.39, 0.29) is 12.3 Å². The molecule has 5 nitrogen and oxygen atoms in total. The number of pyridine rings is 1. The van der Waals surface area contributed by atoms with Gasteiger partial charge < -0.3 is 0 Å². The van der Waals surface area contributed by atoms with Crippen molar-refractivity contribution in [2.24, 2.45) is 4.99 Å². The highest BCUT2D eigenvalue weighted by Crippen LogP contribution is 2.30. The van der Waals surface area contributed by atoms with Gasteiger partial charge in [0.25, 0.3) is 0 Å². The fraction of sp³-hybridized carbons (Fsp3) is 0.0625. The van der Waals surface area contributed by atoms with Gasteiger partial charge in [0.2, 0.25) is 5.71 Å². The molecule has 2 heterocycles. The molecule has 0 saturated carbocycles. The van der Waals surface area contributed by atoms with Gasteiger partial charge in [-0.2, -0.15) is 10.5 Å². The van der Waals surface area contributed by atoms with Crippen LogP contribution < -0.4 is 0 Å². The highest BCUT2D eigenvalue weighted by molar-refractivity contribution is 7.21. The average molecular weight is 321 g/mol. The third-order valence-corrected chi connectivity index (χ3v) is 4.10. The van der Waals surface area contributed by atoms with Crippen molar-refractivity contribution in [2.75, 3.05) is 0 Å². The molecule has 7 heteroatoms. The molecule has 110 valence electrons. The second kappa shape index (κ2) is 6.30. The maximum atomic E-state index is 13.3. The minimum atomic E-state index is -0.405. The van der Waals surface area contributed by atoms with Gasteiger partial charge in [-0.25, -0.2) is 9.37 Å². The maximum Gasteiger partial charge on any atom is 0.213 e. The van der Waals surface area contributed by atoms with Crippen LogP contribution in [0.2, 0.25) is 0 Å². The minimum Gasteiger partial charge on any atom is -0.261 e. The van der Waals surface area contributed by atoms with Gasteiger partial charge in [0, 0.05) is 11.8 Å². The molecule has 0 saturated heterocycles. The summed E-state index contributed by atoms with van der Waals surface area (Å²) in [5, 5.41) is 18.0. The van der Waals surface area contributed by atoms with Crippen LogP contribution in [-0.2, 0) is 6.54 Å². The summed E-state index contributed by atoms with van der Waals surface area (Å²) in [6.07, 6.45) is 2.72. The molecule has 0 fully saturated rings. The van der Waals surface area contributed by atoms with Crippen molar-refractivity contribution in [3.05, 3.63) is 48.0 Å². The summed E-state index contributed by atoms with van der Waals surface area (Å²) < 4.78 is 14.2. The number of fused-ring (bicyclic) bond motifs is 1. The van der Waals surface area contributed by atoms with Crippen LogP contribution >= 0.6 is 11.3 Å². The van der Waals surface area contributed by atoms with Gasteiger partial charge in [-0.3, -0.25) is 9.98 Å². The molecule has 0 N–H and O–H groups in total. The molecular formula is C16H8FN5S. The van der Waals surface area contributed by atoms with E-state index in [1.165, 1.54) is 17.4 Å². The van der Waals surface area contributed by atoms with E-state index < -0.39 is 5.82 Å². The third-order valence-electron chi connectivity index (χ3n) is 3.04. The Labute approximate surface area is 135 Å². The van der Waals surface area contributed by atoms with Gasteiger partial charge in [0.05, 0.1) is 23.0 Å².